The molecular formula is C22H17N5S. The lowest BCUT2D eigenvalue weighted by molar-refractivity contribution is 0.735. The van der Waals surface area contributed by atoms with Gasteiger partial charge in [0.05, 0.1) is 17.6 Å². The topological polar surface area (TPSA) is 78.8 Å². The molecule has 2 N–H and O–H groups in total. The Morgan fingerprint density at radius 3 is 2.64 bits per heavy atom. The number of thiophene rings is 1. The third-order valence-electron chi connectivity index (χ3n) is 5.11. The number of benzene rings is 2. The molecule has 1 aliphatic heterocycles. The van der Waals surface area contributed by atoms with E-state index in [1.807, 2.05) is 48.5 Å². The predicted molar refractivity (Wildman–Crippen MR) is 113 cm³/mol. The largest absolute Gasteiger partial charge is 0.389 e. The minimum Gasteiger partial charge on any atom is -0.389 e. The van der Waals surface area contributed by atoms with Crippen LogP contribution in [0, 0.1) is 11.3 Å². The molecule has 3 heterocycles. The zero-order valence-corrected chi connectivity index (χ0v) is 15.9. The van der Waals surface area contributed by atoms with Gasteiger partial charge in [0.1, 0.15) is 16.9 Å². The van der Waals surface area contributed by atoms with Gasteiger partial charge >= 0.3 is 0 Å². The van der Waals surface area contributed by atoms with Gasteiger partial charge in [-0.1, -0.05) is 42.5 Å². The molecule has 6 heteroatoms. The fourth-order valence-corrected chi connectivity index (χ4v) is 4.83. The summed E-state index contributed by atoms with van der Waals surface area (Å²) >= 11 is 1.52. The maximum Gasteiger partial charge on any atom is 0.162 e. The van der Waals surface area contributed by atoms with Crippen LogP contribution in [0.25, 0.3) is 22.3 Å². The number of nitrogens with two attached hydrogens (primary N) is 1. The summed E-state index contributed by atoms with van der Waals surface area (Å²) in [5.74, 6) is 1.66. The third-order valence-corrected chi connectivity index (χ3v) is 6.16. The van der Waals surface area contributed by atoms with E-state index in [1.54, 1.807) is 0 Å². The second-order valence-corrected chi connectivity index (χ2v) is 7.92. The quantitative estimate of drug-likeness (QED) is 0.556. The number of hydrogen-bond donors (Lipinski definition) is 1. The van der Waals surface area contributed by atoms with Crippen molar-refractivity contribution in [1.82, 2.24) is 9.97 Å². The zero-order valence-electron chi connectivity index (χ0n) is 15.1. The van der Waals surface area contributed by atoms with Gasteiger partial charge in [0.25, 0.3) is 0 Å². The van der Waals surface area contributed by atoms with Crippen LogP contribution >= 0.6 is 11.3 Å². The lowest BCUT2D eigenvalue weighted by atomic mass is 10.0. The number of hydrogen-bond acceptors (Lipinski definition) is 6. The Kier molecular flexibility index (Phi) is 3.96. The van der Waals surface area contributed by atoms with E-state index >= 15 is 0 Å². The highest BCUT2D eigenvalue weighted by molar-refractivity contribution is 7.16. The third kappa shape index (κ3) is 2.68. The molecule has 0 bridgehead atoms. The lowest BCUT2D eigenvalue weighted by Crippen LogP contribution is -2.30. The number of nitrogen functional groups attached to an aromatic ring is 1. The summed E-state index contributed by atoms with van der Waals surface area (Å²) in [6, 6.07) is 20.4. The van der Waals surface area contributed by atoms with Gasteiger partial charge in [-0.2, -0.15) is 5.26 Å². The second kappa shape index (κ2) is 6.63. The van der Waals surface area contributed by atoms with Crippen molar-refractivity contribution in [3.8, 4) is 17.5 Å². The number of anilines is 2. The minimum absolute atomic E-state index is 0.617. The van der Waals surface area contributed by atoms with Gasteiger partial charge < -0.3 is 10.6 Å². The van der Waals surface area contributed by atoms with Crippen LogP contribution in [-0.2, 0) is 13.0 Å². The van der Waals surface area contributed by atoms with Gasteiger partial charge in [0.2, 0.25) is 0 Å². The molecule has 0 saturated carbocycles. The van der Waals surface area contributed by atoms with Crippen LogP contribution in [0.2, 0.25) is 0 Å². The molecule has 0 saturated heterocycles. The molecule has 0 spiro atoms. The summed E-state index contributed by atoms with van der Waals surface area (Å²) in [6.45, 7) is 1.51. The molecule has 0 aliphatic carbocycles. The maximum absolute atomic E-state index is 9.39. The predicted octanol–water partition coefficient (Wildman–Crippen LogP) is 4.37. The van der Waals surface area contributed by atoms with Gasteiger partial charge in [0, 0.05) is 22.4 Å². The highest BCUT2D eigenvalue weighted by atomic mass is 32.1. The highest BCUT2D eigenvalue weighted by Crippen LogP contribution is 2.37. The van der Waals surface area contributed by atoms with Crippen LogP contribution in [0.1, 0.15) is 16.0 Å². The van der Waals surface area contributed by atoms with Crippen molar-refractivity contribution in [3.63, 3.8) is 0 Å². The molecule has 28 heavy (non-hydrogen) atoms. The summed E-state index contributed by atoms with van der Waals surface area (Å²) in [7, 11) is 0. The smallest absolute Gasteiger partial charge is 0.162 e. The van der Waals surface area contributed by atoms with Crippen molar-refractivity contribution in [2.45, 2.75) is 13.0 Å². The summed E-state index contributed by atoms with van der Waals surface area (Å²) in [6.07, 6.45) is 0.797. The summed E-state index contributed by atoms with van der Waals surface area (Å²) in [4.78, 5) is 13.1. The first-order valence-corrected chi connectivity index (χ1v) is 9.93. The maximum atomic E-state index is 9.39. The molecule has 1 aliphatic rings. The molecule has 5 rings (SSSR count). The van der Waals surface area contributed by atoms with Crippen LogP contribution in [0.5, 0.6) is 0 Å². The second-order valence-electron chi connectivity index (χ2n) is 6.78. The van der Waals surface area contributed by atoms with E-state index in [2.05, 4.69) is 17.0 Å². The Bertz CT molecular complexity index is 1220. The van der Waals surface area contributed by atoms with Crippen LogP contribution in [0.3, 0.4) is 0 Å². The Labute approximate surface area is 166 Å². The van der Waals surface area contributed by atoms with Gasteiger partial charge in [-0.05, 0) is 24.1 Å². The van der Waals surface area contributed by atoms with Crippen molar-refractivity contribution in [2.24, 2.45) is 0 Å². The molecule has 0 atom stereocenters. The van der Waals surface area contributed by atoms with E-state index in [4.69, 9.17) is 15.7 Å². The van der Waals surface area contributed by atoms with Gasteiger partial charge in [-0.15, -0.1) is 11.3 Å². The van der Waals surface area contributed by atoms with Crippen LogP contribution < -0.4 is 10.6 Å². The summed E-state index contributed by atoms with van der Waals surface area (Å²) < 4.78 is 0. The van der Waals surface area contributed by atoms with Crippen LogP contribution in [0.4, 0.5) is 10.8 Å². The Morgan fingerprint density at radius 2 is 1.82 bits per heavy atom. The monoisotopic (exact) mass is 383 g/mol. The zero-order chi connectivity index (χ0) is 19.1. The van der Waals surface area contributed by atoms with Crippen molar-refractivity contribution < 1.29 is 0 Å². The Morgan fingerprint density at radius 1 is 1.04 bits per heavy atom. The van der Waals surface area contributed by atoms with Gasteiger partial charge in [0.15, 0.2) is 5.82 Å². The Hall–Kier alpha value is -3.43. The van der Waals surface area contributed by atoms with Gasteiger partial charge in [-0.25, -0.2) is 9.97 Å². The number of nitriles is 1. The van der Waals surface area contributed by atoms with Crippen molar-refractivity contribution in [2.75, 3.05) is 17.2 Å². The number of para-hydroxylation sites is 1. The fraction of sp³-hybridized carbons (Fsp3) is 0.136. The number of rotatable bonds is 2. The first-order chi connectivity index (χ1) is 13.7. The first kappa shape index (κ1) is 16.7. The van der Waals surface area contributed by atoms with Crippen LogP contribution in [-0.4, -0.2) is 16.5 Å². The lowest BCUT2D eigenvalue weighted by Gasteiger charge is -2.29. The standard InChI is InChI=1S/C22H17N5S/c23-12-17-15-10-11-27(13-19(15)28-20(17)24)22-16-8-4-5-9-18(16)25-21(26-22)14-6-2-1-3-7-14/h1-9H,10-11,13,24H2. The van der Waals surface area contributed by atoms with E-state index in [0.29, 0.717) is 17.1 Å². The van der Waals surface area contributed by atoms with E-state index < -0.39 is 0 Å². The SMILES string of the molecule is N#Cc1c(N)sc2c1CCN(c1nc(-c3ccccc3)nc3ccccc13)C2. The molecule has 0 unspecified atom stereocenters. The van der Waals surface area contributed by atoms with Crippen molar-refractivity contribution in [3.05, 3.63) is 70.6 Å². The molecule has 0 fully saturated rings. The molecule has 0 radical (unpaired) electrons. The molecule has 5 nitrogen and oxygen atoms in total. The van der Waals surface area contributed by atoms with E-state index in [0.717, 1.165) is 51.5 Å². The Balaban J connectivity index is 1.63. The number of nitrogens with zero attached hydrogens (tertiary/aromatic N) is 4. The van der Waals surface area contributed by atoms with E-state index in [9.17, 15) is 5.26 Å². The number of fused-ring (bicyclic) bond motifs is 2. The average molecular weight is 383 g/mol. The van der Waals surface area contributed by atoms with Crippen molar-refractivity contribution >= 4 is 33.1 Å². The highest BCUT2D eigenvalue weighted by Gasteiger charge is 2.25. The van der Waals surface area contributed by atoms with Crippen molar-refractivity contribution in [1.29, 1.82) is 5.26 Å². The normalized spacial score (nSPS) is 13.3. The molecule has 2 aromatic carbocycles. The van der Waals surface area contributed by atoms with Gasteiger partial charge in [-0.3, -0.25) is 0 Å². The van der Waals surface area contributed by atoms with E-state index in [1.165, 1.54) is 11.3 Å². The molecule has 2 aromatic heterocycles. The summed E-state index contributed by atoms with van der Waals surface area (Å²) in [5.41, 5.74) is 9.74. The first-order valence-electron chi connectivity index (χ1n) is 9.12. The molecule has 0 amide bonds. The van der Waals surface area contributed by atoms with E-state index in [-0.39, 0.29) is 0 Å². The summed E-state index contributed by atoms with van der Waals surface area (Å²) in [5, 5.41) is 11.0. The molecule has 136 valence electrons. The molecular weight excluding hydrogens is 366 g/mol. The fourth-order valence-electron chi connectivity index (χ4n) is 3.75. The average Bonchev–Trinajstić information content (AvgIpc) is 3.07. The molecule has 4 aromatic rings. The minimum atomic E-state index is 0.617. The van der Waals surface area contributed by atoms with Crippen LogP contribution in [0.15, 0.2) is 54.6 Å². The number of aromatic nitrogens is 2.